The molecule has 0 aliphatic heterocycles. The monoisotopic (exact) mass is 274 g/mol. The lowest BCUT2D eigenvalue weighted by molar-refractivity contribution is 0.102. The molecule has 0 saturated carbocycles. The second-order valence-corrected chi connectivity index (χ2v) is 4.49. The third-order valence-electron chi connectivity index (χ3n) is 2.90. The van der Waals surface area contributed by atoms with Gasteiger partial charge in [-0.2, -0.15) is 0 Å². The summed E-state index contributed by atoms with van der Waals surface area (Å²) in [5.74, 6) is -1.59. The number of amides is 1. The van der Waals surface area contributed by atoms with Crippen LogP contribution in [0.4, 0.5) is 10.1 Å². The van der Waals surface area contributed by atoms with Crippen LogP contribution < -0.4 is 11.1 Å². The van der Waals surface area contributed by atoms with Crippen molar-refractivity contribution in [1.82, 2.24) is 0 Å². The number of aromatic hydroxyl groups is 1. The highest BCUT2D eigenvalue weighted by atomic mass is 19.1. The lowest BCUT2D eigenvalue weighted by Crippen LogP contribution is -2.17. The molecule has 0 aliphatic rings. The van der Waals surface area contributed by atoms with E-state index >= 15 is 0 Å². The zero-order valence-corrected chi connectivity index (χ0v) is 10.9. The second-order valence-electron chi connectivity index (χ2n) is 4.49. The van der Waals surface area contributed by atoms with Gasteiger partial charge in [-0.3, -0.25) is 4.79 Å². The van der Waals surface area contributed by atoms with Crippen molar-refractivity contribution >= 4 is 11.6 Å². The van der Waals surface area contributed by atoms with E-state index in [0.717, 1.165) is 11.6 Å². The minimum atomic E-state index is -0.777. The Labute approximate surface area is 116 Å². The molecule has 0 radical (unpaired) electrons. The average molecular weight is 274 g/mol. The summed E-state index contributed by atoms with van der Waals surface area (Å²) in [5.41, 5.74) is 6.99. The highest BCUT2D eigenvalue weighted by Gasteiger charge is 2.14. The lowest BCUT2D eigenvalue weighted by Gasteiger charge is -2.13. The number of rotatable bonds is 3. The first-order chi connectivity index (χ1) is 9.49. The van der Waals surface area contributed by atoms with Crippen molar-refractivity contribution < 1.29 is 14.3 Å². The van der Waals surface area contributed by atoms with E-state index in [0.29, 0.717) is 5.69 Å². The summed E-state index contributed by atoms with van der Waals surface area (Å²) in [6, 6.07) is 10.2. The fourth-order valence-electron chi connectivity index (χ4n) is 1.89. The highest BCUT2D eigenvalue weighted by Crippen LogP contribution is 2.22. The van der Waals surface area contributed by atoms with Crippen molar-refractivity contribution in [3.63, 3.8) is 0 Å². The zero-order valence-electron chi connectivity index (χ0n) is 10.9. The molecule has 4 N–H and O–H groups in total. The van der Waals surface area contributed by atoms with Crippen LogP contribution in [-0.4, -0.2) is 11.0 Å². The minimum absolute atomic E-state index is 0.137. The van der Waals surface area contributed by atoms with Crippen LogP contribution in [0.1, 0.15) is 28.9 Å². The molecule has 1 amide bonds. The zero-order chi connectivity index (χ0) is 14.7. The summed E-state index contributed by atoms with van der Waals surface area (Å²) < 4.78 is 13.6. The number of anilines is 1. The average Bonchev–Trinajstić information content (AvgIpc) is 2.38. The topological polar surface area (TPSA) is 75.3 Å². The number of nitrogens with two attached hydrogens (primary N) is 1. The Bertz CT molecular complexity index is 642. The van der Waals surface area contributed by atoms with Gasteiger partial charge in [-0.15, -0.1) is 0 Å². The maximum atomic E-state index is 13.6. The number of benzene rings is 2. The first kappa shape index (κ1) is 14.0. The van der Waals surface area contributed by atoms with E-state index in [-0.39, 0.29) is 17.4 Å². The van der Waals surface area contributed by atoms with Gasteiger partial charge in [0.05, 0.1) is 5.56 Å². The number of carbonyl (C=O) groups is 1. The first-order valence-corrected chi connectivity index (χ1v) is 6.13. The third kappa shape index (κ3) is 2.95. The molecule has 0 spiro atoms. The second kappa shape index (κ2) is 5.71. The van der Waals surface area contributed by atoms with Gasteiger partial charge in [0.25, 0.3) is 5.91 Å². The van der Waals surface area contributed by atoms with Crippen molar-refractivity contribution in [2.45, 2.75) is 13.0 Å². The molecule has 0 heterocycles. The normalized spacial score (nSPS) is 11.9. The molecular weight excluding hydrogens is 259 g/mol. The van der Waals surface area contributed by atoms with Crippen molar-refractivity contribution in [3.8, 4) is 5.75 Å². The number of phenolic OH excluding ortho intramolecular Hbond substituents is 1. The van der Waals surface area contributed by atoms with Gasteiger partial charge in [-0.25, -0.2) is 4.39 Å². The summed E-state index contributed by atoms with van der Waals surface area (Å²) in [4.78, 5) is 12.0. The molecule has 0 aliphatic carbocycles. The van der Waals surface area contributed by atoms with Gasteiger partial charge in [-0.1, -0.05) is 18.2 Å². The molecule has 20 heavy (non-hydrogen) atoms. The van der Waals surface area contributed by atoms with E-state index in [4.69, 9.17) is 10.8 Å². The molecule has 0 fully saturated rings. The smallest absolute Gasteiger partial charge is 0.258 e. The molecule has 1 atom stereocenters. The van der Waals surface area contributed by atoms with E-state index in [1.165, 1.54) is 12.1 Å². The van der Waals surface area contributed by atoms with Gasteiger partial charge in [0, 0.05) is 17.8 Å². The molecule has 0 aromatic heterocycles. The summed E-state index contributed by atoms with van der Waals surface area (Å²) in [6.45, 7) is 1.80. The number of nitrogens with one attached hydrogen (secondary N) is 1. The van der Waals surface area contributed by atoms with E-state index in [9.17, 15) is 9.18 Å². The lowest BCUT2D eigenvalue weighted by atomic mass is 10.1. The highest BCUT2D eigenvalue weighted by molar-refractivity contribution is 6.04. The van der Waals surface area contributed by atoms with Gasteiger partial charge in [-0.05, 0) is 30.7 Å². The SMILES string of the molecule is CC(N)c1ccccc1NC(=O)c1ccc(O)cc1F. The largest absolute Gasteiger partial charge is 0.508 e. The molecule has 2 aromatic rings. The Hall–Kier alpha value is -2.40. The molecular formula is C15H15FN2O2. The Morgan fingerprint density at radius 3 is 2.65 bits per heavy atom. The molecule has 4 nitrogen and oxygen atoms in total. The van der Waals surface area contributed by atoms with E-state index in [1.54, 1.807) is 25.1 Å². The Kier molecular flexibility index (Phi) is 4.00. The minimum Gasteiger partial charge on any atom is -0.508 e. The van der Waals surface area contributed by atoms with Crippen LogP contribution in [0.5, 0.6) is 5.75 Å². The van der Waals surface area contributed by atoms with E-state index < -0.39 is 11.7 Å². The summed E-state index contributed by atoms with van der Waals surface area (Å²) in [5, 5.41) is 11.8. The van der Waals surface area contributed by atoms with Crippen LogP contribution >= 0.6 is 0 Å². The maximum Gasteiger partial charge on any atom is 0.258 e. The quantitative estimate of drug-likeness (QED) is 0.805. The number of hydrogen-bond donors (Lipinski definition) is 3. The standard InChI is InChI=1S/C15H15FN2O2/c1-9(17)11-4-2-3-5-14(11)18-15(20)12-7-6-10(19)8-13(12)16/h2-9,19H,17H2,1H3,(H,18,20). The number of hydrogen-bond acceptors (Lipinski definition) is 3. The van der Waals surface area contributed by atoms with Crippen molar-refractivity contribution in [2.24, 2.45) is 5.73 Å². The van der Waals surface area contributed by atoms with Crippen molar-refractivity contribution in [2.75, 3.05) is 5.32 Å². The summed E-state index contributed by atoms with van der Waals surface area (Å²) >= 11 is 0. The van der Waals surface area contributed by atoms with Crippen LogP contribution in [0.3, 0.4) is 0 Å². The fourth-order valence-corrected chi connectivity index (χ4v) is 1.89. The Morgan fingerprint density at radius 2 is 2.00 bits per heavy atom. The number of halogens is 1. The molecule has 0 saturated heterocycles. The van der Waals surface area contributed by atoms with Gasteiger partial charge >= 0.3 is 0 Å². The van der Waals surface area contributed by atoms with Crippen molar-refractivity contribution in [3.05, 3.63) is 59.4 Å². The van der Waals surface area contributed by atoms with E-state index in [2.05, 4.69) is 5.32 Å². The van der Waals surface area contributed by atoms with Gasteiger partial charge < -0.3 is 16.2 Å². The molecule has 1 unspecified atom stereocenters. The summed E-state index contributed by atoms with van der Waals surface area (Å²) in [6.07, 6.45) is 0. The molecule has 2 aromatic carbocycles. The van der Waals surface area contributed by atoms with Crippen LogP contribution in [0.15, 0.2) is 42.5 Å². The Balaban J connectivity index is 2.28. The predicted molar refractivity (Wildman–Crippen MR) is 75.1 cm³/mol. The first-order valence-electron chi connectivity index (χ1n) is 6.13. The van der Waals surface area contributed by atoms with Gasteiger partial charge in [0.1, 0.15) is 11.6 Å². The van der Waals surface area contributed by atoms with Crippen LogP contribution in [0.2, 0.25) is 0 Å². The predicted octanol–water partition coefficient (Wildman–Crippen LogP) is 2.80. The number of phenols is 1. The number of para-hydroxylation sites is 1. The fraction of sp³-hybridized carbons (Fsp3) is 0.133. The van der Waals surface area contributed by atoms with Crippen LogP contribution in [0, 0.1) is 5.82 Å². The summed E-state index contributed by atoms with van der Waals surface area (Å²) in [7, 11) is 0. The van der Waals surface area contributed by atoms with Gasteiger partial charge in [0.2, 0.25) is 0 Å². The Morgan fingerprint density at radius 1 is 1.30 bits per heavy atom. The molecule has 5 heteroatoms. The maximum absolute atomic E-state index is 13.6. The molecule has 104 valence electrons. The van der Waals surface area contributed by atoms with Crippen LogP contribution in [0.25, 0.3) is 0 Å². The van der Waals surface area contributed by atoms with Crippen LogP contribution in [-0.2, 0) is 0 Å². The van der Waals surface area contributed by atoms with Gasteiger partial charge in [0.15, 0.2) is 0 Å². The number of carbonyl (C=O) groups excluding carboxylic acids is 1. The third-order valence-corrected chi connectivity index (χ3v) is 2.90. The molecule has 0 bridgehead atoms. The molecule has 2 rings (SSSR count). The van der Waals surface area contributed by atoms with E-state index in [1.807, 2.05) is 6.07 Å². The van der Waals surface area contributed by atoms with Crippen molar-refractivity contribution in [1.29, 1.82) is 0 Å².